The quantitative estimate of drug-likeness (QED) is 0.666. The van der Waals surface area contributed by atoms with Gasteiger partial charge in [0.25, 0.3) is 0 Å². The third kappa shape index (κ3) is 2.69. The maximum absolute atomic E-state index is 3.45. The zero-order chi connectivity index (χ0) is 9.80. The molecule has 2 N–H and O–H groups in total. The van der Waals surface area contributed by atoms with Crippen molar-refractivity contribution in [1.82, 2.24) is 15.5 Å². The van der Waals surface area contributed by atoms with E-state index in [4.69, 9.17) is 0 Å². The summed E-state index contributed by atoms with van der Waals surface area (Å²) in [7, 11) is 0. The molecule has 3 heteroatoms. The molecule has 0 radical (unpaired) electrons. The zero-order valence-corrected chi connectivity index (χ0v) is 9.26. The van der Waals surface area contributed by atoms with Gasteiger partial charge in [-0.3, -0.25) is 4.90 Å². The number of rotatable bonds is 2. The Kier molecular flexibility index (Phi) is 3.79. The van der Waals surface area contributed by atoms with Crippen LogP contribution >= 0.6 is 0 Å². The first-order valence-electron chi connectivity index (χ1n) is 6.02. The molecule has 2 aliphatic heterocycles. The lowest BCUT2D eigenvalue weighted by Gasteiger charge is -2.37. The van der Waals surface area contributed by atoms with Crippen LogP contribution in [0.5, 0.6) is 0 Å². The van der Waals surface area contributed by atoms with Crippen molar-refractivity contribution < 1.29 is 0 Å². The van der Waals surface area contributed by atoms with Crippen molar-refractivity contribution in [2.45, 2.75) is 25.8 Å². The van der Waals surface area contributed by atoms with E-state index >= 15 is 0 Å². The van der Waals surface area contributed by atoms with Crippen molar-refractivity contribution in [2.24, 2.45) is 5.92 Å². The van der Waals surface area contributed by atoms with Crippen LogP contribution in [0.2, 0.25) is 0 Å². The number of piperidine rings is 1. The van der Waals surface area contributed by atoms with Crippen molar-refractivity contribution >= 4 is 0 Å². The summed E-state index contributed by atoms with van der Waals surface area (Å²) in [6.07, 6.45) is 2.74. The fourth-order valence-corrected chi connectivity index (χ4v) is 2.55. The summed E-state index contributed by atoms with van der Waals surface area (Å²) in [5.41, 5.74) is 0. The molecule has 0 spiro atoms. The maximum atomic E-state index is 3.45. The van der Waals surface area contributed by atoms with Crippen molar-refractivity contribution in [3.8, 4) is 0 Å². The average Bonchev–Trinajstić information content (AvgIpc) is 2.23. The van der Waals surface area contributed by atoms with Crippen molar-refractivity contribution in [3.63, 3.8) is 0 Å². The summed E-state index contributed by atoms with van der Waals surface area (Å²) in [5, 5.41) is 6.88. The smallest absolute Gasteiger partial charge is 0.0193 e. The van der Waals surface area contributed by atoms with Crippen molar-refractivity contribution in [1.29, 1.82) is 0 Å². The minimum Gasteiger partial charge on any atom is -0.317 e. The summed E-state index contributed by atoms with van der Waals surface area (Å²) in [5.74, 6) is 0.941. The highest BCUT2D eigenvalue weighted by molar-refractivity contribution is 4.80. The molecule has 2 saturated heterocycles. The lowest BCUT2D eigenvalue weighted by atomic mass is 9.96. The molecule has 2 rings (SSSR count). The number of hydrogen-bond acceptors (Lipinski definition) is 3. The molecule has 2 aliphatic rings. The fraction of sp³-hybridized carbons (Fsp3) is 1.00. The van der Waals surface area contributed by atoms with Gasteiger partial charge in [0.15, 0.2) is 0 Å². The van der Waals surface area contributed by atoms with E-state index in [-0.39, 0.29) is 0 Å². The highest BCUT2D eigenvalue weighted by Crippen LogP contribution is 2.15. The average molecular weight is 197 g/mol. The topological polar surface area (TPSA) is 27.3 Å². The van der Waals surface area contributed by atoms with Gasteiger partial charge in [0.05, 0.1) is 0 Å². The Bertz CT molecular complexity index is 166. The SMILES string of the molecule is C[C@H]1CNCCN1CC1CCNCC1. The molecule has 0 aromatic rings. The highest BCUT2D eigenvalue weighted by atomic mass is 15.2. The van der Waals surface area contributed by atoms with Crippen LogP contribution in [0.15, 0.2) is 0 Å². The minimum atomic E-state index is 0.735. The van der Waals surface area contributed by atoms with Gasteiger partial charge in [0, 0.05) is 32.2 Å². The Morgan fingerprint density at radius 3 is 2.64 bits per heavy atom. The first-order chi connectivity index (χ1) is 6.86. The third-order valence-corrected chi connectivity index (χ3v) is 3.59. The summed E-state index contributed by atoms with van der Waals surface area (Å²) >= 11 is 0. The van der Waals surface area contributed by atoms with E-state index in [0.29, 0.717) is 0 Å². The molecule has 0 unspecified atom stereocenters. The van der Waals surface area contributed by atoms with Crippen LogP contribution in [-0.2, 0) is 0 Å². The second-order valence-corrected chi connectivity index (χ2v) is 4.74. The van der Waals surface area contributed by atoms with Gasteiger partial charge in [-0.15, -0.1) is 0 Å². The largest absolute Gasteiger partial charge is 0.317 e. The normalized spacial score (nSPS) is 31.9. The van der Waals surface area contributed by atoms with E-state index in [0.717, 1.165) is 12.0 Å². The van der Waals surface area contributed by atoms with E-state index in [2.05, 4.69) is 22.5 Å². The second kappa shape index (κ2) is 5.10. The molecule has 3 nitrogen and oxygen atoms in total. The van der Waals surface area contributed by atoms with Crippen molar-refractivity contribution in [2.75, 3.05) is 39.3 Å². The van der Waals surface area contributed by atoms with Crippen molar-refractivity contribution in [3.05, 3.63) is 0 Å². The summed E-state index contributed by atoms with van der Waals surface area (Å²) < 4.78 is 0. The van der Waals surface area contributed by atoms with E-state index in [1.807, 2.05) is 0 Å². The van der Waals surface area contributed by atoms with Gasteiger partial charge in [-0.25, -0.2) is 0 Å². The predicted octanol–water partition coefficient (Wildman–Crippen LogP) is 0.280. The van der Waals surface area contributed by atoms with E-state index in [9.17, 15) is 0 Å². The third-order valence-electron chi connectivity index (χ3n) is 3.59. The van der Waals surface area contributed by atoms with Gasteiger partial charge in [0.1, 0.15) is 0 Å². The fourth-order valence-electron chi connectivity index (χ4n) is 2.55. The first-order valence-corrected chi connectivity index (χ1v) is 6.02. The molecule has 0 saturated carbocycles. The Labute approximate surface area is 87.2 Å². The van der Waals surface area contributed by atoms with Gasteiger partial charge in [-0.05, 0) is 38.8 Å². The Morgan fingerprint density at radius 1 is 1.14 bits per heavy atom. The van der Waals surface area contributed by atoms with E-state index in [1.165, 1.54) is 52.1 Å². The summed E-state index contributed by atoms with van der Waals surface area (Å²) in [4.78, 5) is 2.66. The first kappa shape index (κ1) is 10.4. The standard InChI is InChI=1S/C11H23N3/c1-10-8-13-6-7-14(10)9-11-2-4-12-5-3-11/h10-13H,2-9H2,1H3/t10-/m0/s1. The van der Waals surface area contributed by atoms with Gasteiger partial charge < -0.3 is 10.6 Å². The molecule has 0 bridgehead atoms. The van der Waals surface area contributed by atoms with Gasteiger partial charge in [-0.1, -0.05) is 0 Å². The lowest BCUT2D eigenvalue weighted by Crippen LogP contribution is -2.51. The second-order valence-electron chi connectivity index (χ2n) is 4.74. The van der Waals surface area contributed by atoms with Gasteiger partial charge in [-0.2, -0.15) is 0 Å². The van der Waals surface area contributed by atoms with E-state index in [1.54, 1.807) is 0 Å². The summed E-state index contributed by atoms with van der Waals surface area (Å²) in [6, 6.07) is 0.735. The van der Waals surface area contributed by atoms with Gasteiger partial charge in [0.2, 0.25) is 0 Å². The number of nitrogens with zero attached hydrogens (tertiary/aromatic N) is 1. The van der Waals surface area contributed by atoms with Crippen LogP contribution < -0.4 is 10.6 Å². The maximum Gasteiger partial charge on any atom is 0.0193 e. The molecule has 82 valence electrons. The zero-order valence-electron chi connectivity index (χ0n) is 9.26. The molecule has 0 amide bonds. The molecular weight excluding hydrogens is 174 g/mol. The molecule has 1 atom stereocenters. The lowest BCUT2D eigenvalue weighted by molar-refractivity contribution is 0.136. The van der Waals surface area contributed by atoms with Crippen LogP contribution in [0.4, 0.5) is 0 Å². The van der Waals surface area contributed by atoms with Crippen LogP contribution in [-0.4, -0.2) is 50.2 Å². The molecule has 0 aliphatic carbocycles. The Hall–Kier alpha value is -0.120. The number of nitrogens with one attached hydrogen (secondary N) is 2. The van der Waals surface area contributed by atoms with Crippen LogP contribution in [0.25, 0.3) is 0 Å². The van der Waals surface area contributed by atoms with Gasteiger partial charge >= 0.3 is 0 Å². The van der Waals surface area contributed by atoms with E-state index < -0.39 is 0 Å². The van der Waals surface area contributed by atoms with Crippen LogP contribution in [0.3, 0.4) is 0 Å². The molecule has 14 heavy (non-hydrogen) atoms. The Balaban J connectivity index is 1.76. The number of piperazine rings is 1. The molecule has 2 fully saturated rings. The molecular formula is C11H23N3. The molecule has 0 aromatic heterocycles. The van der Waals surface area contributed by atoms with Crippen LogP contribution in [0, 0.1) is 5.92 Å². The molecule has 0 aromatic carbocycles. The Morgan fingerprint density at radius 2 is 1.93 bits per heavy atom. The predicted molar refractivity (Wildman–Crippen MR) is 59.5 cm³/mol. The summed E-state index contributed by atoms with van der Waals surface area (Å²) in [6.45, 7) is 9.71. The number of hydrogen-bond donors (Lipinski definition) is 2. The van der Waals surface area contributed by atoms with Crippen LogP contribution in [0.1, 0.15) is 19.8 Å². The highest BCUT2D eigenvalue weighted by Gasteiger charge is 2.22. The minimum absolute atomic E-state index is 0.735. The monoisotopic (exact) mass is 197 g/mol. The molecule has 2 heterocycles.